The highest BCUT2D eigenvalue weighted by atomic mass is 19.2. The molecule has 2 nitrogen and oxygen atoms in total. The molecule has 1 rings (SSSR count). The predicted octanol–water partition coefficient (Wildman–Crippen LogP) is 3.39. The van der Waals surface area contributed by atoms with E-state index in [9.17, 15) is 8.78 Å². The molecule has 0 amide bonds. The smallest absolute Gasteiger partial charge is 0.183 e. The van der Waals surface area contributed by atoms with Crippen LogP contribution in [0.2, 0.25) is 0 Å². The molecular formula is C12H18F2N2. The summed E-state index contributed by atoms with van der Waals surface area (Å²) >= 11 is 0. The van der Waals surface area contributed by atoms with Crippen molar-refractivity contribution in [3.05, 3.63) is 23.8 Å². The number of halogens is 2. The van der Waals surface area contributed by atoms with Crippen LogP contribution in [0, 0.1) is 17.0 Å². The number of hydrogen-bond acceptors (Lipinski definition) is 2. The maximum atomic E-state index is 13.5. The third kappa shape index (κ3) is 2.62. The second-order valence-electron chi connectivity index (χ2n) is 5.06. The van der Waals surface area contributed by atoms with E-state index in [1.54, 1.807) is 0 Å². The molecule has 16 heavy (non-hydrogen) atoms. The highest BCUT2D eigenvalue weighted by Gasteiger charge is 2.22. The minimum absolute atomic E-state index is 0.0221. The van der Waals surface area contributed by atoms with Crippen LogP contribution in [0.25, 0.3) is 0 Å². The van der Waals surface area contributed by atoms with Crippen molar-refractivity contribution in [2.24, 2.45) is 5.41 Å². The summed E-state index contributed by atoms with van der Waals surface area (Å²) in [6, 6.07) is 2.36. The normalized spacial score (nSPS) is 13.6. The van der Waals surface area contributed by atoms with Gasteiger partial charge in [0.1, 0.15) is 0 Å². The molecule has 0 fully saturated rings. The van der Waals surface area contributed by atoms with Gasteiger partial charge in [0.25, 0.3) is 0 Å². The van der Waals surface area contributed by atoms with Gasteiger partial charge in [-0.05, 0) is 24.5 Å². The first-order valence-electron chi connectivity index (χ1n) is 5.23. The van der Waals surface area contributed by atoms with E-state index in [-0.39, 0.29) is 22.8 Å². The molecule has 1 aromatic carbocycles. The van der Waals surface area contributed by atoms with Crippen molar-refractivity contribution in [1.29, 1.82) is 0 Å². The zero-order valence-electron chi connectivity index (χ0n) is 10.1. The van der Waals surface area contributed by atoms with Crippen molar-refractivity contribution in [3.63, 3.8) is 0 Å². The van der Waals surface area contributed by atoms with Gasteiger partial charge in [-0.25, -0.2) is 8.78 Å². The van der Waals surface area contributed by atoms with Crippen molar-refractivity contribution in [2.75, 3.05) is 11.1 Å². The predicted molar refractivity (Wildman–Crippen MR) is 63.3 cm³/mol. The first kappa shape index (κ1) is 12.7. The molecule has 0 heterocycles. The zero-order chi connectivity index (χ0) is 12.5. The molecule has 0 spiro atoms. The van der Waals surface area contributed by atoms with Gasteiger partial charge in [0.15, 0.2) is 11.6 Å². The summed E-state index contributed by atoms with van der Waals surface area (Å²) in [5, 5.41) is 2.92. The summed E-state index contributed by atoms with van der Waals surface area (Å²) < 4.78 is 26.5. The Balaban J connectivity index is 3.02. The number of rotatable bonds is 2. The Kier molecular flexibility index (Phi) is 3.41. The Morgan fingerprint density at radius 3 is 2.31 bits per heavy atom. The molecule has 4 heteroatoms. The molecule has 1 unspecified atom stereocenters. The lowest BCUT2D eigenvalue weighted by Crippen LogP contribution is -2.31. The van der Waals surface area contributed by atoms with Crippen LogP contribution in [0.15, 0.2) is 12.1 Å². The summed E-state index contributed by atoms with van der Waals surface area (Å²) in [5.74, 6) is -1.81. The summed E-state index contributed by atoms with van der Waals surface area (Å²) in [6.07, 6.45) is 0. The lowest BCUT2D eigenvalue weighted by Gasteiger charge is -2.29. The molecule has 1 atom stereocenters. The Morgan fingerprint density at radius 2 is 1.81 bits per heavy atom. The monoisotopic (exact) mass is 228 g/mol. The molecule has 0 aliphatic carbocycles. The number of nitrogen functional groups attached to an aromatic ring is 1. The van der Waals surface area contributed by atoms with Crippen molar-refractivity contribution in [3.8, 4) is 0 Å². The minimum atomic E-state index is -0.920. The topological polar surface area (TPSA) is 38.0 Å². The van der Waals surface area contributed by atoms with Gasteiger partial charge in [0, 0.05) is 6.04 Å². The molecule has 0 aromatic heterocycles. The van der Waals surface area contributed by atoms with Crippen molar-refractivity contribution >= 4 is 11.4 Å². The summed E-state index contributed by atoms with van der Waals surface area (Å²) in [7, 11) is 0. The molecule has 3 N–H and O–H groups in total. The van der Waals surface area contributed by atoms with Gasteiger partial charge in [-0.15, -0.1) is 0 Å². The fourth-order valence-electron chi connectivity index (χ4n) is 1.15. The molecule has 1 aromatic rings. The fraction of sp³-hybridized carbons (Fsp3) is 0.500. The second-order valence-corrected chi connectivity index (χ2v) is 5.06. The summed E-state index contributed by atoms with van der Waals surface area (Å²) in [5.41, 5.74) is 5.81. The van der Waals surface area contributed by atoms with E-state index in [4.69, 9.17) is 5.73 Å². The van der Waals surface area contributed by atoms with Crippen molar-refractivity contribution < 1.29 is 8.78 Å². The van der Waals surface area contributed by atoms with Crippen molar-refractivity contribution in [2.45, 2.75) is 33.7 Å². The van der Waals surface area contributed by atoms with Crippen LogP contribution in [0.4, 0.5) is 20.2 Å². The molecular weight excluding hydrogens is 210 g/mol. The third-order valence-corrected chi connectivity index (χ3v) is 2.79. The maximum absolute atomic E-state index is 13.5. The molecule has 90 valence electrons. The van der Waals surface area contributed by atoms with Crippen LogP contribution >= 0.6 is 0 Å². The van der Waals surface area contributed by atoms with Gasteiger partial charge in [-0.2, -0.15) is 0 Å². The summed E-state index contributed by atoms with van der Waals surface area (Å²) in [6.45, 7) is 7.94. The van der Waals surface area contributed by atoms with Crippen LogP contribution < -0.4 is 11.1 Å². The zero-order valence-corrected chi connectivity index (χ0v) is 10.1. The van der Waals surface area contributed by atoms with Crippen LogP contribution in [-0.2, 0) is 0 Å². The Labute approximate surface area is 94.8 Å². The van der Waals surface area contributed by atoms with Gasteiger partial charge in [-0.1, -0.05) is 20.8 Å². The average Bonchev–Trinajstić information content (AvgIpc) is 2.17. The number of benzene rings is 1. The molecule has 0 aliphatic rings. The van der Waals surface area contributed by atoms with Gasteiger partial charge in [0.05, 0.1) is 11.4 Å². The van der Waals surface area contributed by atoms with E-state index in [0.29, 0.717) is 0 Å². The molecule has 0 saturated heterocycles. The second kappa shape index (κ2) is 4.28. The van der Waals surface area contributed by atoms with E-state index in [1.807, 2.05) is 27.7 Å². The van der Waals surface area contributed by atoms with E-state index in [2.05, 4.69) is 5.32 Å². The Hall–Kier alpha value is -1.32. The van der Waals surface area contributed by atoms with Gasteiger partial charge in [0.2, 0.25) is 0 Å². The quantitative estimate of drug-likeness (QED) is 0.761. The fourth-order valence-corrected chi connectivity index (χ4v) is 1.15. The lowest BCUT2D eigenvalue weighted by molar-refractivity contribution is 0.358. The van der Waals surface area contributed by atoms with E-state index in [1.165, 1.54) is 6.07 Å². The highest BCUT2D eigenvalue weighted by molar-refractivity contribution is 5.67. The van der Waals surface area contributed by atoms with E-state index >= 15 is 0 Å². The SMILES string of the molecule is CC(Nc1c(N)ccc(F)c1F)C(C)(C)C. The first-order chi connectivity index (χ1) is 7.23. The number of nitrogens with one attached hydrogen (secondary N) is 1. The largest absolute Gasteiger partial charge is 0.397 e. The molecule has 0 radical (unpaired) electrons. The number of nitrogens with two attached hydrogens (primary N) is 1. The van der Waals surface area contributed by atoms with Crippen LogP contribution in [0.3, 0.4) is 0 Å². The van der Waals surface area contributed by atoms with Crippen LogP contribution in [-0.4, -0.2) is 6.04 Å². The van der Waals surface area contributed by atoms with E-state index in [0.717, 1.165) is 6.07 Å². The number of hydrogen-bond donors (Lipinski definition) is 2. The minimum Gasteiger partial charge on any atom is -0.397 e. The first-order valence-corrected chi connectivity index (χ1v) is 5.23. The Morgan fingerprint density at radius 1 is 1.25 bits per heavy atom. The van der Waals surface area contributed by atoms with Crippen molar-refractivity contribution in [1.82, 2.24) is 0 Å². The molecule has 0 aliphatic heterocycles. The van der Waals surface area contributed by atoms with Gasteiger partial charge in [-0.3, -0.25) is 0 Å². The standard InChI is InChI=1S/C12H18F2N2/c1-7(12(2,3)4)16-11-9(15)6-5-8(13)10(11)14/h5-7,16H,15H2,1-4H3. The third-order valence-electron chi connectivity index (χ3n) is 2.79. The van der Waals surface area contributed by atoms with E-state index < -0.39 is 11.6 Å². The van der Waals surface area contributed by atoms with Crippen LogP contribution in [0.5, 0.6) is 0 Å². The average molecular weight is 228 g/mol. The Bertz CT molecular complexity index is 383. The lowest BCUT2D eigenvalue weighted by atomic mass is 9.88. The highest BCUT2D eigenvalue weighted by Crippen LogP contribution is 2.29. The van der Waals surface area contributed by atoms with Crippen LogP contribution in [0.1, 0.15) is 27.7 Å². The maximum Gasteiger partial charge on any atom is 0.183 e. The number of anilines is 2. The summed E-state index contributed by atoms with van der Waals surface area (Å²) in [4.78, 5) is 0. The van der Waals surface area contributed by atoms with Gasteiger partial charge < -0.3 is 11.1 Å². The molecule has 0 saturated carbocycles. The van der Waals surface area contributed by atoms with Gasteiger partial charge >= 0.3 is 0 Å². The molecule has 0 bridgehead atoms.